The molecule has 0 spiro atoms. The second kappa shape index (κ2) is 8.94. The Bertz CT molecular complexity index is 1130. The SMILES string of the molecule is CCC(C)S(=O)(=O)Oc1c(C(=O)c2ccc(Cl)c(C(C)=C(C)C)c2C)c(C)nn1C. The molecule has 1 unspecified atom stereocenters. The fourth-order valence-corrected chi connectivity index (χ4v) is 4.49. The normalized spacial score (nSPS) is 12.6. The molecule has 0 saturated heterocycles. The van der Waals surface area contributed by atoms with Gasteiger partial charge in [-0.15, -0.1) is 0 Å². The lowest BCUT2D eigenvalue weighted by Gasteiger charge is -2.16. The molecule has 0 aliphatic rings. The molecule has 0 N–H and O–H groups in total. The number of ketones is 1. The largest absolute Gasteiger partial charge is 0.361 e. The topological polar surface area (TPSA) is 78.3 Å². The summed E-state index contributed by atoms with van der Waals surface area (Å²) in [6.45, 7) is 12.7. The number of carbonyl (C=O) groups excluding carboxylic acids is 1. The van der Waals surface area contributed by atoms with E-state index in [0.717, 1.165) is 22.3 Å². The fraction of sp³-hybridized carbons (Fsp3) is 0.455. The summed E-state index contributed by atoms with van der Waals surface area (Å²) in [4.78, 5) is 13.5. The fourth-order valence-electron chi connectivity index (χ4n) is 3.16. The predicted molar refractivity (Wildman–Crippen MR) is 121 cm³/mol. The zero-order valence-electron chi connectivity index (χ0n) is 18.8. The van der Waals surface area contributed by atoms with Crippen LogP contribution in [-0.2, 0) is 17.2 Å². The van der Waals surface area contributed by atoms with Gasteiger partial charge in [-0.1, -0.05) is 24.1 Å². The van der Waals surface area contributed by atoms with E-state index in [9.17, 15) is 13.2 Å². The van der Waals surface area contributed by atoms with Crippen molar-refractivity contribution in [2.45, 2.75) is 60.1 Å². The van der Waals surface area contributed by atoms with E-state index >= 15 is 0 Å². The number of carbonyl (C=O) groups is 1. The van der Waals surface area contributed by atoms with Gasteiger partial charge in [0.1, 0.15) is 5.56 Å². The Balaban J connectivity index is 2.67. The third-order valence-corrected chi connectivity index (χ3v) is 7.47. The first kappa shape index (κ1) is 24.2. The first-order valence-electron chi connectivity index (χ1n) is 9.78. The maximum Gasteiger partial charge on any atom is 0.313 e. The standard InChI is InChI=1S/C22H29ClN2O4S/c1-9-13(4)30(27,28)29-22-20(16(7)24-25(22)8)21(26)17-10-11-18(23)19(15(17)6)14(5)12(2)3/h10-11,13H,9H2,1-8H3. The van der Waals surface area contributed by atoms with E-state index < -0.39 is 15.4 Å². The molecule has 1 atom stereocenters. The van der Waals surface area contributed by atoms with Gasteiger partial charge in [-0.3, -0.25) is 4.79 Å². The molecule has 30 heavy (non-hydrogen) atoms. The minimum Gasteiger partial charge on any atom is -0.361 e. The third-order valence-electron chi connectivity index (χ3n) is 5.44. The van der Waals surface area contributed by atoms with E-state index in [1.807, 2.05) is 27.7 Å². The molecule has 1 heterocycles. The number of allylic oxidation sites excluding steroid dienone is 2. The molecule has 0 fully saturated rings. The highest BCUT2D eigenvalue weighted by molar-refractivity contribution is 7.87. The number of rotatable bonds is 7. The van der Waals surface area contributed by atoms with Gasteiger partial charge in [0.05, 0.1) is 10.9 Å². The Morgan fingerprint density at radius 1 is 1.20 bits per heavy atom. The van der Waals surface area contributed by atoms with Crippen LogP contribution < -0.4 is 4.18 Å². The molecule has 8 heteroatoms. The number of halogens is 1. The molecule has 2 aromatic rings. The molecule has 1 aromatic carbocycles. The molecule has 2 rings (SSSR count). The van der Waals surface area contributed by atoms with Crippen LogP contribution in [0.25, 0.3) is 5.57 Å². The van der Waals surface area contributed by atoms with Gasteiger partial charge in [-0.2, -0.15) is 13.5 Å². The lowest BCUT2D eigenvalue weighted by Crippen LogP contribution is -2.24. The maximum atomic E-state index is 13.5. The highest BCUT2D eigenvalue weighted by Gasteiger charge is 2.30. The van der Waals surface area contributed by atoms with E-state index in [-0.39, 0.29) is 17.2 Å². The van der Waals surface area contributed by atoms with Crippen LogP contribution in [0.15, 0.2) is 17.7 Å². The van der Waals surface area contributed by atoms with Crippen LogP contribution in [0.1, 0.15) is 73.8 Å². The second-order valence-electron chi connectivity index (χ2n) is 7.73. The molecule has 0 aliphatic heterocycles. The van der Waals surface area contributed by atoms with Crippen molar-refractivity contribution in [3.8, 4) is 5.88 Å². The van der Waals surface area contributed by atoms with E-state index in [2.05, 4.69) is 5.10 Å². The summed E-state index contributed by atoms with van der Waals surface area (Å²) in [5.74, 6) is -0.431. The van der Waals surface area contributed by atoms with Crippen LogP contribution >= 0.6 is 11.6 Å². The van der Waals surface area contributed by atoms with Crippen molar-refractivity contribution in [3.05, 3.63) is 50.7 Å². The molecule has 0 aliphatic carbocycles. The van der Waals surface area contributed by atoms with Crippen molar-refractivity contribution in [3.63, 3.8) is 0 Å². The van der Waals surface area contributed by atoms with Crippen LogP contribution in [-0.4, -0.2) is 29.2 Å². The number of benzene rings is 1. The minimum atomic E-state index is -3.90. The summed E-state index contributed by atoms with van der Waals surface area (Å²) < 4.78 is 31.7. The molecule has 6 nitrogen and oxygen atoms in total. The van der Waals surface area contributed by atoms with Crippen LogP contribution in [0.2, 0.25) is 5.02 Å². The zero-order valence-corrected chi connectivity index (χ0v) is 20.3. The summed E-state index contributed by atoms with van der Waals surface area (Å²) in [7, 11) is -2.35. The molecule has 164 valence electrons. The summed E-state index contributed by atoms with van der Waals surface area (Å²) in [5, 5.41) is 4.08. The Morgan fingerprint density at radius 3 is 2.33 bits per heavy atom. The minimum absolute atomic E-state index is 0.0763. The summed E-state index contributed by atoms with van der Waals surface area (Å²) in [5.41, 5.74) is 4.57. The van der Waals surface area contributed by atoms with Crippen LogP contribution in [0.5, 0.6) is 5.88 Å². The predicted octanol–water partition coefficient (Wildman–Crippen LogP) is 5.24. The molecule has 0 saturated carbocycles. The molecule has 1 aromatic heterocycles. The van der Waals surface area contributed by atoms with Crippen molar-refractivity contribution in [2.75, 3.05) is 0 Å². The Hall–Kier alpha value is -2.12. The zero-order chi connectivity index (χ0) is 23.0. The highest BCUT2D eigenvalue weighted by Crippen LogP contribution is 2.34. The van der Waals surface area contributed by atoms with E-state index in [0.29, 0.717) is 22.7 Å². The molecular formula is C22H29ClN2O4S. The first-order valence-corrected chi connectivity index (χ1v) is 11.6. The molecular weight excluding hydrogens is 424 g/mol. The van der Waals surface area contributed by atoms with E-state index in [1.54, 1.807) is 40.0 Å². The van der Waals surface area contributed by atoms with Crippen LogP contribution in [0, 0.1) is 13.8 Å². The Kier molecular flexibility index (Phi) is 7.20. The monoisotopic (exact) mass is 452 g/mol. The average molecular weight is 453 g/mol. The number of nitrogens with zero attached hydrogens (tertiary/aromatic N) is 2. The number of hydrogen-bond acceptors (Lipinski definition) is 5. The average Bonchev–Trinajstić information content (AvgIpc) is 2.92. The summed E-state index contributed by atoms with van der Waals surface area (Å²) in [6, 6.07) is 3.34. The van der Waals surface area contributed by atoms with Gasteiger partial charge in [0.25, 0.3) is 0 Å². The van der Waals surface area contributed by atoms with Crippen LogP contribution in [0.3, 0.4) is 0 Å². The van der Waals surface area contributed by atoms with E-state index in [1.165, 1.54) is 4.68 Å². The van der Waals surface area contributed by atoms with Crippen molar-refractivity contribution in [1.29, 1.82) is 0 Å². The number of aryl methyl sites for hydroxylation is 2. The van der Waals surface area contributed by atoms with Gasteiger partial charge in [0, 0.05) is 17.6 Å². The van der Waals surface area contributed by atoms with Gasteiger partial charge in [-0.05, 0) is 76.8 Å². The van der Waals surface area contributed by atoms with Crippen molar-refractivity contribution < 1.29 is 17.4 Å². The molecule has 0 bridgehead atoms. The van der Waals surface area contributed by atoms with Crippen molar-refractivity contribution >= 4 is 33.1 Å². The van der Waals surface area contributed by atoms with Crippen LogP contribution in [0.4, 0.5) is 0 Å². The third kappa shape index (κ3) is 4.47. The molecule has 0 amide bonds. The van der Waals surface area contributed by atoms with Gasteiger partial charge in [0.15, 0.2) is 0 Å². The van der Waals surface area contributed by atoms with Gasteiger partial charge < -0.3 is 4.18 Å². The summed E-state index contributed by atoms with van der Waals surface area (Å²) >= 11 is 6.43. The Morgan fingerprint density at radius 2 is 1.80 bits per heavy atom. The summed E-state index contributed by atoms with van der Waals surface area (Å²) in [6.07, 6.45) is 0.393. The highest BCUT2D eigenvalue weighted by atomic mass is 35.5. The number of hydrogen-bond donors (Lipinski definition) is 0. The van der Waals surface area contributed by atoms with Crippen molar-refractivity contribution in [1.82, 2.24) is 9.78 Å². The maximum absolute atomic E-state index is 13.5. The smallest absolute Gasteiger partial charge is 0.313 e. The number of aromatic nitrogens is 2. The quantitative estimate of drug-likeness (QED) is 0.424. The van der Waals surface area contributed by atoms with Gasteiger partial charge >= 0.3 is 10.1 Å². The lowest BCUT2D eigenvalue weighted by molar-refractivity contribution is 0.103. The first-order chi connectivity index (χ1) is 13.8. The lowest BCUT2D eigenvalue weighted by atomic mass is 9.91. The van der Waals surface area contributed by atoms with Gasteiger partial charge in [0.2, 0.25) is 11.7 Å². The second-order valence-corrected chi connectivity index (χ2v) is 10.1. The van der Waals surface area contributed by atoms with Crippen molar-refractivity contribution in [2.24, 2.45) is 7.05 Å². The van der Waals surface area contributed by atoms with E-state index in [4.69, 9.17) is 15.8 Å². The van der Waals surface area contributed by atoms with Gasteiger partial charge in [-0.25, -0.2) is 4.68 Å². The Labute approximate surface area is 184 Å². The molecule has 0 radical (unpaired) electrons.